The maximum absolute atomic E-state index is 5.30. The third kappa shape index (κ3) is 1.55. The van der Waals surface area contributed by atoms with E-state index >= 15 is 0 Å². The van der Waals surface area contributed by atoms with Crippen molar-refractivity contribution >= 4 is 0 Å². The fraction of sp³-hybridized carbons (Fsp3) is 0.750. The maximum atomic E-state index is 5.30. The second-order valence-corrected chi connectivity index (χ2v) is 2.71. The van der Waals surface area contributed by atoms with Crippen LogP contribution in [0.25, 0.3) is 0 Å². The van der Waals surface area contributed by atoms with Gasteiger partial charge >= 0.3 is 0 Å². The minimum absolute atomic E-state index is 0.272. The molecule has 0 atom stereocenters. The standard InChI is InChI=1S/C8H14O/c1-3-4-5-8(9-2)6-7-8/h3H,1,4-7H2,2H3. The van der Waals surface area contributed by atoms with Gasteiger partial charge in [0.05, 0.1) is 5.60 Å². The molecule has 52 valence electrons. The first-order chi connectivity index (χ1) is 4.33. The van der Waals surface area contributed by atoms with E-state index in [1.54, 1.807) is 7.11 Å². The van der Waals surface area contributed by atoms with Crippen LogP contribution in [0.2, 0.25) is 0 Å². The lowest BCUT2D eigenvalue weighted by atomic mass is 10.2. The Balaban J connectivity index is 2.17. The van der Waals surface area contributed by atoms with Gasteiger partial charge in [-0.1, -0.05) is 6.08 Å². The van der Waals surface area contributed by atoms with Gasteiger partial charge in [0, 0.05) is 7.11 Å². The van der Waals surface area contributed by atoms with Crippen LogP contribution in [0, 0.1) is 0 Å². The number of ether oxygens (including phenoxy) is 1. The Bertz CT molecular complexity index is 103. The maximum Gasteiger partial charge on any atom is 0.0683 e. The van der Waals surface area contributed by atoms with Gasteiger partial charge in [0.2, 0.25) is 0 Å². The van der Waals surface area contributed by atoms with Crippen molar-refractivity contribution in [1.82, 2.24) is 0 Å². The molecule has 0 bridgehead atoms. The molecule has 0 N–H and O–H groups in total. The van der Waals surface area contributed by atoms with Crippen molar-refractivity contribution < 1.29 is 4.74 Å². The van der Waals surface area contributed by atoms with Crippen LogP contribution >= 0.6 is 0 Å². The van der Waals surface area contributed by atoms with E-state index in [0.717, 1.165) is 12.8 Å². The molecule has 1 aliphatic rings. The lowest BCUT2D eigenvalue weighted by Gasteiger charge is -2.09. The Labute approximate surface area is 56.7 Å². The molecule has 0 aromatic rings. The minimum atomic E-state index is 0.272. The highest BCUT2D eigenvalue weighted by Crippen LogP contribution is 2.42. The zero-order chi connectivity index (χ0) is 6.74. The first kappa shape index (κ1) is 6.81. The SMILES string of the molecule is C=CCCC1(OC)CC1. The van der Waals surface area contributed by atoms with Gasteiger partial charge in [0.25, 0.3) is 0 Å². The molecular weight excluding hydrogens is 112 g/mol. The van der Waals surface area contributed by atoms with Crippen LogP contribution in [-0.4, -0.2) is 12.7 Å². The molecule has 0 amide bonds. The molecule has 0 aromatic carbocycles. The Hall–Kier alpha value is -0.300. The molecule has 0 spiro atoms. The molecule has 9 heavy (non-hydrogen) atoms. The van der Waals surface area contributed by atoms with Crippen LogP contribution < -0.4 is 0 Å². The molecule has 1 fully saturated rings. The molecule has 0 saturated heterocycles. The van der Waals surface area contributed by atoms with Crippen molar-refractivity contribution in [2.75, 3.05) is 7.11 Å². The molecule has 0 aromatic heterocycles. The molecule has 0 heterocycles. The highest BCUT2D eigenvalue weighted by Gasteiger charge is 2.41. The third-order valence-corrected chi connectivity index (χ3v) is 2.04. The summed E-state index contributed by atoms with van der Waals surface area (Å²) < 4.78 is 5.30. The Morgan fingerprint density at radius 2 is 2.33 bits per heavy atom. The van der Waals surface area contributed by atoms with E-state index in [4.69, 9.17) is 4.74 Å². The summed E-state index contributed by atoms with van der Waals surface area (Å²) >= 11 is 0. The summed E-state index contributed by atoms with van der Waals surface area (Å²) in [6, 6.07) is 0. The molecule has 1 aliphatic carbocycles. The van der Waals surface area contributed by atoms with Crippen LogP contribution in [0.1, 0.15) is 25.7 Å². The largest absolute Gasteiger partial charge is 0.378 e. The van der Waals surface area contributed by atoms with Crippen LogP contribution in [0.4, 0.5) is 0 Å². The summed E-state index contributed by atoms with van der Waals surface area (Å²) in [6.07, 6.45) is 6.70. The van der Waals surface area contributed by atoms with Crippen LogP contribution in [-0.2, 0) is 4.74 Å². The third-order valence-electron chi connectivity index (χ3n) is 2.04. The molecule has 0 radical (unpaired) electrons. The molecule has 1 saturated carbocycles. The van der Waals surface area contributed by atoms with E-state index in [2.05, 4.69) is 6.58 Å². The second-order valence-electron chi connectivity index (χ2n) is 2.71. The zero-order valence-corrected chi connectivity index (χ0v) is 6.02. The van der Waals surface area contributed by atoms with Crippen molar-refractivity contribution in [2.24, 2.45) is 0 Å². The number of rotatable bonds is 4. The van der Waals surface area contributed by atoms with E-state index in [0.29, 0.717) is 0 Å². The van der Waals surface area contributed by atoms with E-state index in [-0.39, 0.29) is 5.60 Å². The molecule has 1 nitrogen and oxygen atoms in total. The van der Waals surface area contributed by atoms with E-state index in [1.807, 2.05) is 6.08 Å². The van der Waals surface area contributed by atoms with Crippen molar-refractivity contribution in [3.63, 3.8) is 0 Å². The summed E-state index contributed by atoms with van der Waals surface area (Å²) in [5.74, 6) is 0. The Kier molecular flexibility index (Phi) is 1.91. The smallest absolute Gasteiger partial charge is 0.0683 e. The molecule has 1 rings (SSSR count). The Morgan fingerprint density at radius 3 is 2.67 bits per heavy atom. The van der Waals surface area contributed by atoms with Crippen molar-refractivity contribution in [2.45, 2.75) is 31.3 Å². The van der Waals surface area contributed by atoms with Crippen LogP contribution in [0.3, 0.4) is 0 Å². The summed E-state index contributed by atoms with van der Waals surface area (Å²) in [6.45, 7) is 3.67. The predicted molar refractivity (Wildman–Crippen MR) is 38.4 cm³/mol. The van der Waals surface area contributed by atoms with Gasteiger partial charge in [-0.3, -0.25) is 0 Å². The lowest BCUT2D eigenvalue weighted by molar-refractivity contribution is 0.0737. The Morgan fingerprint density at radius 1 is 1.67 bits per heavy atom. The fourth-order valence-corrected chi connectivity index (χ4v) is 1.06. The summed E-state index contributed by atoms with van der Waals surface area (Å²) in [4.78, 5) is 0. The number of allylic oxidation sites excluding steroid dienone is 1. The van der Waals surface area contributed by atoms with Crippen molar-refractivity contribution in [3.05, 3.63) is 12.7 Å². The van der Waals surface area contributed by atoms with E-state index < -0.39 is 0 Å². The van der Waals surface area contributed by atoms with Crippen molar-refractivity contribution in [1.29, 1.82) is 0 Å². The summed E-state index contributed by atoms with van der Waals surface area (Å²) in [5, 5.41) is 0. The first-order valence-corrected chi connectivity index (χ1v) is 3.49. The summed E-state index contributed by atoms with van der Waals surface area (Å²) in [7, 11) is 1.80. The van der Waals surface area contributed by atoms with E-state index in [9.17, 15) is 0 Å². The quantitative estimate of drug-likeness (QED) is 0.524. The fourth-order valence-electron chi connectivity index (χ4n) is 1.06. The van der Waals surface area contributed by atoms with Gasteiger partial charge in [-0.15, -0.1) is 6.58 Å². The first-order valence-electron chi connectivity index (χ1n) is 3.49. The topological polar surface area (TPSA) is 9.23 Å². The van der Waals surface area contributed by atoms with Gasteiger partial charge in [-0.05, 0) is 25.7 Å². The predicted octanol–water partition coefficient (Wildman–Crippen LogP) is 2.13. The van der Waals surface area contributed by atoms with E-state index in [1.165, 1.54) is 12.8 Å². The monoisotopic (exact) mass is 126 g/mol. The lowest BCUT2D eigenvalue weighted by Crippen LogP contribution is -2.09. The van der Waals surface area contributed by atoms with Gasteiger partial charge in [-0.2, -0.15) is 0 Å². The molecule has 0 aliphatic heterocycles. The van der Waals surface area contributed by atoms with Gasteiger partial charge in [-0.25, -0.2) is 0 Å². The normalized spacial score (nSPS) is 21.4. The van der Waals surface area contributed by atoms with Gasteiger partial charge < -0.3 is 4.74 Å². The van der Waals surface area contributed by atoms with Gasteiger partial charge in [0.1, 0.15) is 0 Å². The highest BCUT2D eigenvalue weighted by atomic mass is 16.5. The van der Waals surface area contributed by atoms with Crippen LogP contribution in [0.15, 0.2) is 12.7 Å². The molecule has 1 heteroatoms. The average Bonchev–Trinajstić information content (AvgIpc) is 2.65. The minimum Gasteiger partial charge on any atom is -0.378 e. The number of methoxy groups -OCH3 is 1. The average molecular weight is 126 g/mol. The zero-order valence-electron chi connectivity index (χ0n) is 6.02. The second kappa shape index (κ2) is 2.53. The molecule has 0 unspecified atom stereocenters. The molecular formula is C8H14O. The van der Waals surface area contributed by atoms with Crippen LogP contribution in [0.5, 0.6) is 0 Å². The highest BCUT2D eigenvalue weighted by molar-refractivity contribution is 4.96. The summed E-state index contributed by atoms with van der Waals surface area (Å²) in [5.41, 5.74) is 0.272. The van der Waals surface area contributed by atoms with Crippen molar-refractivity contribution in [3.8, 4) is 0 Å². The number of hydrogen-bond acceptors (Lipinski definition) is 1. The number of hydrogen-bond donors (Lipinski definition) is 0. The van der Waals surface area contributed by atoms with Gasteiger partial charge in [0.15, 0.2) is 0 Å².